The SMILES string of the molecule is O=C(CN1C(=O)CCc2ccccc21)NCc1ccc(F)c(CO)c1. The molecule has 2 N–H and O–H groups in total. The number of rotatable bonds is 5. The Balaban J connectivity index is 1.64. The van der Waals surface area contributed by atoms with Crippen molar-refractivity contribution in [3.63, 3.8) is 0 Å². The number of anilines is 1. The zero-order chi connectivity index (χ0) is 17.8. The fraction of sp³-hybridized carbons (Fsp3) is 0.263. The molecule has 0 aromatic heterocycles. The number of carbonyl (C=O) groups is 2. The van der Waals surface area contributed by atoms with Gasteiger partial charge >= 0.3 is 0 Å². The predicted octanol–water partition coefficient (Wildman–Crippen LogP) is 1.91. The quantitative estimate of drug-likeness (QED) is 0.872. The van der Waals surface area contributed by atoms with Crippen LogP contribution in [0, 0.1) is 5.82 Å². The van der Waals surface area contributed by atoms with E-state index < -0.39 is 12.4 Å². The maximum absolute atomic E-state index is 13.4. The summed E-state index contributed by atoms with van der Waals surface area (Å²) < 4.78 is 13.4. The molecule has 6 heteroatoms. The van der Waals surface area contributed by atoms with Gasteiger partial charge in [0.05, 0.1) is 6.61 Å². The van der Waals surface area contributed by atoms with Crippen molar-refractivity contribution in [2.24, 2.45) is 0 Å². The molecule has 1 heterocycles. The summed E-state index contributed by atoms with van der Waals surface area (Å²) in [5.74, 6) is -0.841. The summed E-state index contributed by atoms with van der Waals surface area (Å²) in [6.07, 6.45) is 1.08. The number of nitrogens with zero attached hydrogens (tertiary/aromatic N) is 1. The van der Waals surface area contributed by atoms with Crippen LogP contribution in [0.4, 0.5) is 10.1 Å². The van der Waals surface area contributed by atoms with Crippen LogP contribution in [-0.2, 0) is 29.2 Å². The number of benzene rings is 2. The zero-order valence-electron chi connectivity index (χ0n) is 13.7. The van der Waals surface area contributed by atoms with Crippen LogP contribution in [0.1, 0.15) is 23.1 Å². The molecule has 25 heavy (non-hydrogen) atoms. The van der Waals surface area contributed by atoms with Crippen LogP contribution < -0.4 is 10.2 Å². The first-order chi connectivity index (χ1) is 12.1. The molecule has 0 spiro atoms. The molecule has 5 nitrogen and oxygen atoms in total. The fourth-order valence-electron chi connectivity index (χ4n) is 2.93. The number of hydrogen-bond donors (Lipinski definition) is 2. The second kappa shape index (κ2) is 7.44. The Labute approximate surface area is 145 Å². The van der Waals surface area contributed by atoms with E-state index in [0.29, 0.717) is 18.4 Å². The summed E-state index contributed by atoms with van der Waals surface area (Å²) >= 11 is 0. The van der Waals surface area contributed by atoms with Gasteiger partial charge in [0.25, 0.3) is 0 Å². The minimum Gasteiger partial charge on any atom is -0.392 e. The van der Waals surface area contributed by atoms with Gasteiger partial charge in [0.1, 0.15) is 12.4 Å². The highest BCUT2D eigenvalue weighted by molar-refractivity contribution is 6.00. The standard InChI is InChI=1S/C19H19FN2O3/c20-16-7-5-13(9-15(16)12-23)10-21-18(24)11-22-17-4-2-1-3-14(17)6-8-19(22)25/h1-5,7,9,23H,6,8,10-12H2,(H,21,24). The van der Waals surface area contributed by atoms with Gasteiger partial charge in [-0.15, -0.1) is 0 Å². The normalized spacial score (nSPS) is 13.5. The van der Waals surface area contributed by atoms with E-state index in [1.807, 2.05) is 24.3 Å². The van der Waals surface area contributed by atoms with Gasteiger partial charge in [0, 0.05) is 24.2 Å². The average Bonchev–Trinajstić information content (AvgIpc) is 2.63. The van der Waals surface area contributed by atoms with Crippen molar-refractivity contribution in [1.29, 1.82) is 0 Å². The van der Waals surface area contributed by atoms with E-state index in [1.54, 1.807) is 6.07 Å². The van der Waals surface area contributed by atoms with Gasteiger partial charge in [-0.25, -0.2) is 4.39 Å². The Morgan fingerprint density at radius 1 is 1.20 bits per heavy atom. The lowest BCUT2D eigenvalue weighted by atomic mass is 10.0. The Morgan fingerprint density at radius 2 is 2.00 bits per heavy atom. The second-order valence-corrected chi connectivity index (χ2v) is 5.97. The van der Waals surface area contributed by atoms with Crippen molar-refractivity contribution in [2.75, 3.05) is 11.4 Å². The third kappa shape index (κ3) is 3.85. The Bertz CT molecular complexity index is 807. The van der Waals surface area contributed by atoms with Gasteiger partial charge in [-0.3, -0.25) is 9.59 Å². The highest BCUT2D eigenvalue weighted by atomic mass is 19.1. The van der Waals surface area contributed by atoms with Crippen molar-refractivity contribution >= 4 is 17.5 Å². The molecule has 0 atom stereocenters. The smallest absolute Gasteiger partial charge is 0.240 e. The third-order valence-electron chi connectivity index (χ3n) is 4.26. The first-order valence-corrected chi connectivity index (χ1v) is 8.11. The lowest BCUT2D eigenvalue weighted by Crippen LogP contribution is -2.42. The van der Waals surface area contributed by atoms with Crippen LogP contribution in [0.5, 0.6) is 0 Å². The Kier molecular flexibility index (Phi) is 5.09. The number of nitrogens with one attached hydrogen (secondary N) is 1. The van der Waals surface area contributed by atoms with Crippen LogP contribution in [-0.4, -0.2) is 23.5 Å². The summed E-state index contributed by atoms with van der Waals surface area (Å²) in [6.45, 7) is -0.244. The maximum Gasteiger partial charge on any atom is 0.240 e. The largest absolute Gasteiger partial charge is 0.392 e. The van der Waals surface area contributed by atoms with Crippen molar-refractivity contribution in [3.8, 4) is 0 Å². The van der Waals surface area contributed by atoms with E-state index >= 15 is 0 Å². The first-order valence-electron chi connectivity index (χ1n) is 8.11. The number of carbonyl (C=O) groups excluding carboxylic acids is 2. The van der Waals surface area contributed by atoms with Gasteiger partial charge in [-0.05, 0) is 35.7 Å². The minimum absolute atomic E-state index is 0.0517. The van der Waals surface area contributed by atoms with Crippen molar-refractivity contribution in [1.82, 2.24) is 5.32 Å². The van der Waals surface area contributed by atoms with E-state index in [9.17, 15) is 14.0 Å². The predicted molar refractivity (Wildman–Crippen MR) is 91.3 cm³/mol. The first kappa shape index (κ1) is 17.1. The highest BCUT2D eigenvalue weighted by Crippen LogP contribution is 2.27. The topological polar surface area (TPSA) is 69.6 Å². The van der Waals surface area contributed by atoms with Crippen LogP contribution in [0.3, 0.4) is 0 Å². The van der Waals surface area contributed by atoms with Crippen LogP contribution >= 0.6 is 0 Å². The summed E-state index contributed by atoms with van der Waals surface area (Å²) in [6, 6.07) is 11.9. The summed E-state index contributed by atoms with van der Waals surface area (Å²) in [7, 11) is 0. The zero-order valence-corrected chi connectivity index (χ0v) is 13.7. The van der Waals surface area contributed by atoms with Crippen LogP contribution in [0.15, 0.2) is 42.5 Å². The van der Waals surface area contributed by atoms with E-state index in [1.165, 1.54) is 17.0 Å². The number of fused-ring (bicyclic) bond motifs is 1. The van der Waals surface area contributed by atoms with Crippen LogP contribution in [0.25, 0.3) is 0 Å². The molecule has 1 aliphatic rings. The maximum atomic E-state index is 13.4. The molecule has 1 aliphatic heterocycles. The minimum atomic E-state index is -0.479. The number of aliphatic hydroxyl groups is 1. The molecule has 130 valence electrons. The molecule has 0 saturated heterocycles. The summed E-state index contributed by atoms with van der Waals surface area (Å²) in [5, 5.41) is 11.8. The summed E-state index contributed by atoms with van der Waals surface area (Å²) in [4.78, 5) is 25.9. The number of amides is 2. The number of aliphatic hydroxyl groups excluding tert-OH is 1. The monoisotopic (exact) mass is 342 g/mol. The van der Waals surface area contributed by atoms with Crippen molar-refractivity contribution in [3.05, 3.63) is 65.0 Å². The fourth-order valence-corrected chi connectivity index (χ4v) is 2.93. The van der Waals surface area contributed by atoms with E-state index in [4.69, 9.17) is 5.11 Å². The molecule has 2 aromatic carbocycles. The van der Waals surface area contributed by atoms with Crippen molar-refractivity contribution < 1.29 is 19.1 Å². The highest BCUT2D eigenvalue weighted by Gasteiger charge is 2.25. The molecule has 2 aromatic rings. The Hall–Kier alpha value is -2.73. The number of halogens is 1. The lowest BCUT2D eigenvalue weighted by molar-refractivity contribution is -0.124. The molecule has 0 saturated carbocycles. The van der Waals surface area contributed by atoms with E-state index in [-0.39, 0.29) is 30.5 Å². The molecule has 0 bridgehead atoms. The van der Waals surface area contributed by atoms with Gasteiger partial charge in [0.2, 0.25) is 11.8 Å². The van der Waals surface area contributed by atoms with Crippen molar-refractivity contribution in [2.45, 2.75) is 26.0 Å². The molecular formula is C19H19FN2O3. The number of aryl methyl sites for hydroxylation is 1. The molecule has 0 radical (unpaired) electrons. The second-order valence-electron chi connectivity index (χ2n) is 5.97. The molecule has 0 fully saturated rings. The van der Waals surface area contributed by atoms with Gasteiger partial charge in [-0.1, -0.05) is 24.3 Å². The number of para-hydroxylation sites is 1. The van der Waals surface area contributed by atoms with Crippen LogP contribution in [0.2, 0.25) is 0 Å². The molecular weight excluding hydrogens is 323 g/mol. The third-order valence-corrected chi connectivity index (χ3v) is 4.26. The van der Waals surface area contributed by atoms with E-state index in [2.05, 4.69) is 5.32 Å². The average molecular weight is 342 g/mol. The van der Waals surface area contributed by atoms with E-state index in [0.717, 1.165) is 11.3 Å². The molecule has 0 aliphatic carbocycles. The van der Waals surface area contributed by atoms with Gasteiger partial charge < -0.3 is 15.3 Å². The molecule has 3 rings (SSSR count). The number of hydrogen-bond acceptors (Lipinski definition) is 3. The molecule has 0 unspecified atom stereocenters. The summed E-state index contributed by atoms with van der Waals surface area (Å²) in [5.41, 5.74) is 2.70. The Morgan fingerprint density at radius 3 is 2.80 bits per heavy atom. The van der Waals surface area contributed by atoms with Gasteiger partial charge in [-0.2, -0.15) is 0 Å². The van der Waals surface area contributed by atoms with Gasteiger partial charge in [0.15, 0.2) is 0 Å². The lowest BCUT2D eigenvalue weighted by Gasteiger charge is -2.28. The molecule has 2 amide bonds.